The van der Waals surface area contributed by atoms with E-state index in [4.69, 9.17) is 13.9 Å². The number of hydrogen-bond acceptors (Lipinski definition) is 6. The smallest absolute Gasteiger partial charge is 0.308 e. The van der Waals surface area contributed by atoms with E-state index < -0.39 is 11.9 Å². The summed E-state index contributed by atoms with van der Waals surface area (Å²) in [5, 5.41) is 0.389. The van der Waals surface area contributed by atoms with Gasteiger partial charge in [0, 0.05) is 19.4 Å². The number of fused-ring (bicyclic) bond motifs is 1. The maximum atomic E-state index is 12.8. The molecule has 132 valence electrons. The summed E-state index contributed by atoms with van der Waals surface area (Å²) in [5.41, 5.74) is 1.76. The molecule has 6 heteroatoms. The first-order valence-electron chi connectivity index (χ1n) is 7.89. The lowest BCUT2D eigenvalue weighted by Gasteiger charge is -2.09. The van der Waals surface area contributed by atoms with Gasteiger partial charge in [-0.2, -0.15) is 0 Å². The first-order chi connectivity index (χ1) is 12.4. The maximum absolute atomic E-state index is 12.8. The molecule has 6 nitrogen and oxygen atoms in total. The minimum atomic E-state index is -0.445. The van der Waals surface area contributed by atoms with Crippen molar-refractivity contribution < 1.29 is 23.5 Å². The van der Waals surface area contributed by atoms with Crippen LogP contribution in [0.1, 0.15) is 19.4 Å². The Kier molecular flexibility index (Phi) is 4.58. The molecule has 0 aliphatic carbocycles. The first kappa shape index (κ1) is 17.4. The summed E-state index contributed by atoms with van der Waals surface area (Å²) >= 11 is 0. The van der Waals surface area contributed by atoms with Crippen molar-refractivity contribution in [2.75, 3.05) is 0 Å². The number of aryl methyl sites for hydroxylation is 1. The number of hydrogen-bond donors (Lipinski definition) is 0. The van der Waals surface area contributed by atoms with E-state index >= 15 is 0 Å². The van der Waals surface area contributed by atoms with E-state index in [9.17, 15) is 14.4 Å². The van der Waals surface area contributed by atoms with Crippen LogP contribution in [0, 0.1) is 6.92 Å². The molecule has 0 saturated heterocycles. The fourth-order valence-corrected chi connectivity index (χ4v) is 2.65. The van der Waals surface area contributed by atoms with Gasteiger partial charge in [-0.15, -0.1) is 0 Å². The van der Waals surface area contributed by atoms with Crippen LogP contribution in [0.15, 0.2) is 51.9 Å². The second kappa shape index (κ2) is 6.84. The Morgan fingerprint density at radius 2 is 1.58 bits per heavy atom. The predicted molar refractivity (Wildman–Crippen MR) is 95.3 cm³/mol. The van der Waals surface area contributed by atoms with Crippen LogP contribution >= 0.6 is 0 Å². The lowest BCUT2D eigenvalue weighted by atomic mass is 10.0. The molecule has 0 atom stereocenters. The van der Waals surface area contributed by atoms with E-state index in [1.165, 1.54) is 20.1 Å². The second-order valence-corrected chi connectivity index (χ2v) is 5.76. The third-order valence-corrected chi connectivity index (χ3v) is 3.82. The van der Waals surface area contributed by atoms with Crippen molar-refractivity contribution >= 4 is 22.9 Å². The fraction of sp³-hybridized carbons (Fsp3) is 0.150. The van der Waals surface area contributed by atoms with Crippen LogP contribution in [0.25, 0.3) is 22.1 Å². The molecule has 26 heavy (non-hydrogen) atoms. The van der Waals surface area contributed by atoms with E-state index in [0.717, 1.165) is 0 Å². The third kappa shape index (κ3) is 3.35. The second-order valence-electron chi connectivity index (χ2n) is 5.76. The van der Waals surface area contributed by atoms with Crippen molar-refractivity contribution in [2.24, 2.45) is 0 Å². The van der Waals surface area contributed by atoms with E-state index in [2.05, 4.69) is 0 Å². The maximum Gasteiger partial charge on any atom is 0.308 e. The van der Waals surface area contributed by atoms with Crippen LogP contribution in [-0.2, 0) is 9.59 Å². The number of esters is 2. The molecule has 0 saturated carbocycles. The molecule has 1 heterocycles. The number of carbonyl (C=O) groups excluding carboxylic acids is 2. The highest BCUT2D eigenvalue weighted by atomic mass is 16.5. The van der Waals surface area contributed by atoms with Crippen molar-refractivity contribution in [3.63, 3.8) is 0 Å². The van der Waals surface area contributed by atoms with Crippen molar-refractivity contribution in [3.8, 4) is 22.6 Å². The zero-order valence-electron chi connectivity index (χ0n) is 14.5. The lowest BCUT2D eigenvalue weighted by molar-refractivity contribution is -0.132. The predicted octanol–water partition coefficient (Wildman–Crippen LogP) is 3.62. The molecule has 0 aliphatic heterocycles. The average Bonchev–Trinajstić information content (AvgIpc) is 2.58. The molecule has 2 aromatic carbocycles. The molecule has 0 bridgehead atoms. The van der Waals surface area contributed by atoms with Gasteiger partial charge in [0.05, 0.1) is 10.9 Å². The Morgan fingerprint density at radius 3 is 2.19 bits per heavy atom. The molecule has 0 N–H and O–H groups in total. The Hall–Kier alpha value is -3.41. The topological polar surface area (TPSA) is 82.8 Å². The molecule has 3 aromatic rings. The summed E-state index contributed by atoms with van der Waals surface area (Å²) in [4.78, 5) is 35.0. The van der Waals surface area contributed by atoms with Gasteiger partial charge in [0.1, 0.15) is 23.3 Å². The van der Waals surface area contributed by atoms with Crippen LogP contribution in [0.5, 0.6) is 11.5 Å². The van der Waals surface area contributed by atoms with Crippen LogP contribution in [0.4, 0.5) is 0 Å². The molecule has 0 aliphatic rings. The zero-order chi connectivity index (χ0) is 18.8. The molecule has 0 fully saturated rings. The van der Waals surface area contributed by atoms with E-state index in [1.54, 1.807) is 43.3 Å². The zero-order valence-corrected chi connectivity index (χ0v) is 14.5. The molecule has 0 unspecified atom stereocenters. The van der Waals surface area contributed by atoms with Gasteiger partial charge in [-0.25, -0.2) is 0 Å². The summed E-state index contributed by atoms with van der Waals surface area (Å²) in [7, 11) is 0. The normalized spacial score (nSPS) is 10.6. The highest BCUT2D eigenvalue weighted by Crippen LogP contribution is 2.28. The average molecular weight is 352 g/mol. The molecule has 3 rings (SSSR count). The Bertz CT molecular complexity index is 1060. The Morgan fingerprint density at radius 1 is 0.923 bits per heavy atom. The van der Waals surface area contributed by atoms with Crippen LogP contribution in [0.3, 0.4) is 0 Å². The van der Waals surface area contributed by atoms with Gasteiger partial charge in [-0.1, -0.05) is 12.1 Å². The standard InChI is InChI=1S/C20H16O6/c1-11-18(26-13(3)22)9-8-16-19(23)17(10-24-20(11)16)14-4-6-15(7-5-14)25-12(2)21/h4-10H,1-3H3. The first-order valence-corrected chi connectivity index (χ1v) is 7.89. The largest absolute Gasteiger partial charge is 0.463 e. The SMILES string of the molecule is CC(=O)Oc1ccc(-c2coc3c(C)c(OC(C)=O)ccc3c2=O)cc1. The number of ether oxygens (including phenoxy) is 2. The van der Waals surface area contributed by atoms with Gasteiger partial charge in [-0.3, -0.25) is 14.4 Å². The Labute approximate surface area is 149 Å². The van der Waals surface area contributed by atoms with Crippen LogP contribution in [0.2, 0.25) is 0 Å². The minimum absolute atomic E-state index is 0.205. The Balaban J connectivity index is 2.06. The van der Waals surface area contributed by atoms with Gasteiger partial charge in [0.15, 0.2) is 0 Å². The van der Waals surface area contributed by atoms with Gasteiger partial charge in [0.2, 0.25) is 5.43 Å². The minimum Gasteiger partial charge on any atom is -0.463 e. The van der Waals surface area contributed by atoms with Gasteiger partial charge >= 0.3 is 11.9 Å². The summed E-state index contributed by atoms with van der Waals surface area (Å²) in [6, 6.07) is 9.71. The van der Waals surface area contributed by atoms with Crippen molar-refractivity contribution in [1.29, 1.82) is 0 Å². The van der Waals surface area contributed by atoms with Crippen molar-refractivity contribution in [2.45, 2.75) is 20.8 Å². The summed E-state index contributed by atoms with van der Waals surface area (Å²) in [5.74, 6) is -0.110. The van der Waals surface area contributed by atoms with Gasteiger partial charge in [0.25, 0.3) is 0 Å². The van der Waals surface area contributed by atoms with Crippen molar-refractivity contribution in [3.05, 3.63) is 58.4 Å². The summed E-state index contributed by atoms with van der Waals surface area (Å²) in [6.07, 6.45) is 1.37. The monoisotopic (exact) mass is 352 g/mol. The van der Waals surface area contributed by atoms with Crippen molar-refractivity contribution in [1.82, 2.24) is 0 Å². The van der Waals surface area contributed by atoms with Crippen LogP contribution < -0.4 is 14.9 Å². The highest BCUT2D eigenvalue weighted by Gasteiger charge is 2.14. The quantitative estimate of drug-likeness (QED) is 0.529. The van der Waals surface area contributed by atoms with E-state index in [0.29, 0.717) is 39.2 Å². The fourth-order valence-electron chi connectivity index (χ4n) is 2.65. The van der Waals surface area contributed by atoms with Gasteiger partial charge < -0.3 is 13.9 Å². The molecule has 1 aromatic heterocycles. The van der Waals surface area contributed by atoms with Gasteiger partial charge in [-0.05, 0) is 36.8 Å². The highest BCUT2D eigenvalue weighted by molar-refractivity contribution is 5.86. The van der Waals surface area contributed by atoms with E-state index in [1.807, 2.05) is 0 Å². The lowest BCUT2D eigenvalue weighted by Crippen LogP contribution is -2.07. The molecular weight excluding hydrogens is 336 g/mol. The molecule has 0 radical (unpaired) electrons. The molecular formula is C20H16O6. The third-order valence-electron chi connectivity index (χ3n) is 3.82. The number of carbonyl (C=O) groups is 2. The molecule has 0 amide bonds. The molecule has 0 spiro atoms. The number of rotatable bonds is 3. The summed E-state index contributed by atoms with van der Waals surface area (Å²) < 4.78 is 15.7. The number of benzene rings is 2. The van der Waals surface area contributed by atoms with Crippen LogP contribution in [-0.4, -0.2) is 11.9 Å². The van der Waals surface area contributed by atoms with E-state index in [-0.39, 0.29) is 5.43 Å². The summed E-state index contributed by atoms with van der Waals surface area (Å²) in [6.45, 7) is 4.35.